The van der Waals surface area contributed by atoms with E-state index in [1.165, 1.54) is 43.4 Å². The molecule has 1 saturated heterocycles. The first-order valence-electron chi connectivity index (χ1n) is 8.65. The molecule has 2 unspecified atom stereocenters. The molecular weight excluding hydrogens is 256 g/mol. The number of aryl methyl sites for hydroxylation is 1. The van der Waals surface area contributed by atoms with Crippen LogP contribution in [0.15, 0.2) is 24.3 Å². The Morgan fingerprint density at radius 2 is 1.95 bits per heavy atom. The maximum Gasteiger partial charge on any atom is 0.0309 e. The second kappa shape index (κ2) is 6.10. The topological polar surface area (TPSA) is 15.3 Å². The van der Waals surface area contributed by atoms with Crippen molar-refractivity contribution in [3.63, 3.8) is 0 Å². The van der Waals surface area contributed by atoms with Gasteiger partial charge in [-0.1, -0.05) is 43.2 Å². The molecule has 1 aromatic carbocycles. The zero-order valence-corrected chi connectivity index (χ0v) is 13.9. The molecule has 2 aliphatic rings. The van der Waals surface area contributed by atoms with E-state index in [-0.39, 0.29) is 0 Å². The number of benzene rings is 1. The van der Waals surface area contributed by atoms with E-state index in [1.54, 1.807) is 0 Å². The summed E-state index contributed by atoms with van der Waals surface area (Å²) in [7, 11) is 0. The van der Waals surface area contributed by atoms with Crippen molar-refractivity contribution in [2.45, 2.75) is 64.6 Å². The zero-order chi connectivity index (χ0) is 14.9. The van der Waals surface area contributed by atoms with Gasteiger partial charge in [-0.3, -0.25) is 4.90 Å². The summed E-state index contributed by atoms with van der Waals surface area (Å²) >= 11 is 0. The van der Waals surface area contributed by atoms with Crippen LogP contribution in [0.3, 0.4) is 0 Å². The molecular formula is C19H30N2. The van der Waals surface area contributed by atoms with Crippen molar-refractivity contribution in [2.75, 3.05) is 13.1 Å². The van der Waals surface area contributed by atoms with Crippen molar-refractivity contribution in [2.24, 2.45) is 5.92 Å². The van der Waals surface area contributed by atoms with E-state index in [4.69, 9.17) is 0 Å². The molecule has 2 atom stereocenters. The third-order valence-corrected chi connectivity index (χ3v) is 5.40. The summed E-state index contributed by atoms with van der Waals surface area (Å²) in [6.07, 6.45) is 5.41. The fraction of sp³-hybridized carbons (Fsp3) is 0.684. The van der Waals surface area contributed by atoms with Gasteiger partial charge in [-0.15, -0.1) is 0 Å². The summed E-state index contributed by atoms with van der Waals surface area (Å²) in [5.41, 5.74) is 3.16. The normalized spacial score (nSPS) is 30.5. The molecule has 1 heterocycles. The SMILES string of the molecule is CCCC1CNC(C)(C2CC2)CN1Cc1ccc(C)cc1. The Morgan fingerprint density at radius 1 is 1.24 bits per heavy atom. The molecule has 0 bridgehead atoms. The van der Waals surface area contributed by atoms with Crippen molar-refractivity contribution < 1.29 is 0 Å². The molecule has 1 N–H and O–H groups in total. The molecule has 2 heteroatoms. The lowest BCUT2D eigenvalue weighted by molar-refractivity contribution is 0.0638. The van der Waals surface area contributed by atoms with Crippen LogP contribution in [0.25, 0.3) is 0 Å². The van der Waals surface area contributed by atoms with Crippen molar-refractivity contribution in [1.29, 1.82) is 0 Å². The highest BCUT2D eigenvalue weighted by Gasteiger charge is 2.45. The molecule has 0 spiro atoms. The van der Waals surface area contributed by atoms with E-state index < -0.39 is 0 Å². The number of nitrogens with zero attached hydrogens (tertiary/aromatic N) is 1. The lowest BCUT2D eigenvalue weighted by atomic mass is 9.89. The molecule has 0 amide bonds. The highest BCUT2D eigenvalue weighted by Crippen LogP contribution is 2.41. The Bertz CT molecular complexity index is 463. The van der Waals surface area contributed by atoms with Gasteiger partial charge >= 0.3 is 0 Å². The van der Waals surface area contributed by atoms with Crippen LogP contribution in [0.1, 0.15) is 50.7 Å². The minimum absolute atomic E-state index is 0.342. The Labute approximate surface area is 129 Å². The van der Waals surface area contributed by atoms with E-state index >= 15 is 0 Å². The first-order chi connectivity index (χ1) is 10.1. The third-order valence-electron chi connectivity index (χ3n) is 5.40. The van der Waals surface area contributed by atoms with E-state index in [9.17, 15) is 0 Å². The molecule has 116 valence electrons. The van der Waals surface area contributed by atoms with Crippen LogP contribution < -0.4 is 5.32 Å². The summed E-state index contributed by atoms with van der Waals surface area (Å²) in [6.45, 7) is 10.4. The van der Waals surface area contributed by atoms with Gasteiger partial charge in [0, 0.05) is 31.2 Å². The van der Waals surface area contributed by atoms with Gasteiger partial charge in [0.25, 0.3) is 0 Å². The molecule has 0 radical (unpaired) electrons. The van der Waals surface area contributed by atoms with Crippen LogP contribution in [0.5, 0.6) is 0 Å². The van der Waals surface area contributed by atoms with Crippen molar-refractivity contribution in [1.82, 2.24) is 10.2 Å². The van der Waals surface area contributed by atoms with Gasteiger partial charge in [0.05, 0.1) is 0 Å². The van der Waals surface area contributed by atoms with Crippen LogP contribution >= 0.6 is 0 Å². The third kappa shape index (κ3) is 3.49. The average Bonchev–Trinajstić information content (AvgIpc) is 3.30. The fourth-order valence-corrected chi connectivity index (χ4v) is 3.81. The van der Waals surface area contributed by atoms with Gasteiger partial charge in [0.2, 0.25) is 0 Å². The standard InChI is InChI=1S/C19H30N2/c1-4-5-18-12-20-19(3,17-10-11-17)14-21(18)13-16-8-6-15(2)7-9-16/h6-9,17-18,20H,4-5,10-14H2,1-3H3. The number of rotatable bonds is 5. The van der Waals surface area contributed by atoms with Gasteiger partial charge in [-0.05, 0) is 44.6 Å². The summed E-state index contributed by atoms with van der Waals surface area (Å²) in [5.74, 6) is 0.903. The smallest absolute Gasteiger partial charge is 0.0309 e. The van der Waals surface area contributed by atoms with Crippen LogP contribution in [0.2, 0.25) is 0 Å². The Morgan fingerprint density at radius 3 is 2.57 bits per heavy atom. The summed E-state index contributed by atoms with van der Waals surface area (Å²) in [4.78, 5) is 2.74. The minimum atomic E-state index is 0.342. The first-order valence-corrected chi connectivity index (χ1v) is 8.65. The van der Waals surface area contributed by atoms with Gasteiger partial charge < -0.3 is 5.32 Å². The molecule has 1 aliphatic heterocycles. The maximum atomic E-state index is 3.88. The van der Waals surface area contributed by atoms with E-state index in [0.717, 1.165) is 19.0 Å². The summed E-state index contributed by atoms with van der Waals surface area (Å²) in [5, 5.41) is 3.88. The van der Waals surface area contributed by atoms with E-state index in [0.29, 0.717) is 11.6 Å². The Balaban J connectivity index is 1.71. The molecule has 1 aromatic rings. The van der Waals surface area contributed by atoms with Crippen molar-refractivity contribution in [3.05, 3.63) is 35.4 Å². The predicted octanol–water partition coefficient (Wildman–Crippen LogP) is 3.74. The second-order valence-corrected chi connectivity index (χ2v) is 7.41. The lowest BCUT2D eigenvalue weighted by Gasteiger charge is -2.47. The quantitative estimate of drug-likeness (QED) is 0.887. The van der Waals surface area contributed by atoms with E-state index in [2.05, 4.69) is 55.3 Å². The Hall–Kier alpha value is -0.860. The number of piperazine rings is 1. The highest BCUT2D eigenvalue weighted by molar-refractivity contribution is 5.21. The van der Waals surface area contributed by atoms with Gasteiger partial charge in [0.15, 0.2) is 0 Å². The van der Waals surface area contributed by atoms with Gasteiger partial charge in [-0.25, -0.2) is 0 Å². The van der Waals surface area contributed by atoms with Crippen LogP contribution in [0.4, 0.5) is 0 Å². The fourth-order valence-electron chi connectivity index (χ4n) is 3.81. The summed E-state index contributed by atoms with van der Waals surface area (Å²) < 4.78 is 0. The van der Waals surface area contributed by atoms with Crippen LogP contribution in [-0.4, -0.2) is 29.6 Å². The summed E-state index contributed by atoms with van der Waals surface area (Å²) in [6, 6.07) is 9.78. The van der Waals surface area contributed by atoms with Gasteiger partial charge in [-0.2, -0.15) is 0 Å². The predicted molar refractivity (Wildman–Crippen MR) is 89.4 cm³/mol. The number of hydrogen-bond acceptors (Lipinski definition) is 2. The van der Waals surface area contributed by atoms with Gasteiger partial charge in [0.1, 0.15) is 0 Å². The Kier molecular flexibility index (Phi) is 4.37. The van der Waals surface area contributed by atoms with Crippen molar-refractivity contribution in [3.8, 4) is 0 Å². The van der Waals surface area contributed by atoms with Crippen LogP contribution in [-0.2, 0) is 6.54 Å². The lowest BCUT2D eigenvalue weighted by Crippen LogP contribution is -2.63. The molecule has 1 saturated carbocycles. The monoisotopic (exact) mass is 286 g/mol. The molecule has 1 aliphatic carbocycles. The maximum absolute atomic E-state index is 3.88. The highest BCUT2D eigenvalue weighted by atomic mass is 15.3. The number of hydrogen-bond donors (Lipinski definition) is 1. The zero-order valence-electron chi connectivity index (χ0n) is 13.9. The first kappa shape index (κ1) is 15.1. The van der Waals surface area contributed by atoms with Crippen LogP contribution in [0, 0.1) is 12.8 Å². The molecule has 3 rings (SSSR count). The molecule has 21 heavy (non-hydrogen) atoms. The average molecular weight is 286 g/mol. The van der Waals surface area contributed by atoms with Crippen molar-refractivity contribution >= 4 is 0 Å². The minimum Gasteiger partial charge on any atom is -0.308 e. The molecule has 2 fully saturated rings. The second-order valence-electron chi connectivity index (χ2n) is 7.41. The largest absolute Gasteiger partial charge is 0.308 e. The number of nitrogens with one attached hydrogen (secondary N) is 1. The molecule has 0 aromatic heterocycles. The van der Waals surface area contributed by atoms with E-state index in [1.807, 2.05) is 0 Å². The molecule has 2 nitrogen and oxygen atoms in total.